The van der Waals surface area contributed by atoms with E-state index in [-0.39, 0.29) is 11.4 Å². The van der Waals surface area contributed by atoms with Crippen LogP contribution in [-0.4, -0.2) is 17.4 Å². The summed E-state index contributed by atoms with van der Waals surface area (Å²) in [7, 11) is 0. The van der Waals surface area contributed by atoms with E-state index in [0.29, 0.717) is 0 Å². The molecule has 2 rings (SSSR count). The van der Waals surface area contributed by atoms with E-state index in [2.05, 4.69) is 22.5 Å². The molecule has 1 heterocycles. The van der Waals surface area contributed by atoms with Gasteiger partial charge in [0.15, 0.2) is 0 Å². The third kappa shape index (κ3) is 4.55. The largest absolute Gasteiger partial charge is 0.385 e. The van der Waals surface area contributed by atoms with Crippen LogP contribution >= 0.6 is 0 Å². The second kappa shape index (κ2) is 8.12. The minimum absolute atomic E-state index is 0.149. The highest BCUT2D eigenvalue weighted by atomic mass is 19.1. The van der Waals surface area contributed by atoms with Gasteiger partial charge in [0.05, 0.1) is 5.69 Å². The number of halogens is 1. The molecule has 2 aromatic rings. The van der Waals surface area contributed by atoms with Crippen LogP contribution in [-0.2, 0) is 0 Å². The van der Waals surface area contributed by atoms with Gasteiger partial charge in [0.25, 0.3) is 5.91 Å². The van der Waals surface area contributed by atoms with Crippen molar-refractivity contribution in [2.24, 2.45) is 0 Å². The van der Waals surface area contributed by atoms with Gasteiger partial charge >= 0.3 is 0 Å². The molecule has 0 aliphatic carbocycles. The summed E-state index contributed by atoms with van der Waals surface area (Å²) in [5.74, 6) is -0.896. The van der Waals surface area contributed by atoms with Crippen molar-refractivity contribution in [1.82, 2.24) is 4.98 Å². The number of hydrogen-bond donors (Lipinski definition) is 2. The second-order valence-corrected chi connectivity index (χ2v) is 5.00. The van der Waals surface area contributed by atoms with Crippen molar-refractivity contribution >= 4 is 17.3 Å². The van der Waals surface area contributed by atoms with Crippen molar-refractivity contribution < 1.29 is 9.18 Å². The van der Waals surface area contributed by atoms with Gasteiger partial charge in [0.1, 0.15) is 11.5 Å². The predicted octanol–water partition coefficient (Wildman–Crippen LogP) is 4.08. The first-order chi connectivity index (χ1) is 10.7. The Morgan fingerprint density at radius 1 is 1.23 bits per heavy atom. The normalized spacial score (nSPS) is 10.3. The summed E-state index contributed by atoms with van der Waals surface area (Å²) >= 11 is 0. The van der Waals surface area contributed by atoms with Gasteiger partial charge in [-0.25, -0.2) is 4.39 Å². The molecule has 0 aliphatic heterocycles. The predicted molar refractivity (Wildman–Crippen MR) is 86.6 cm³/mol. The van der Waals surface area contributed by atoms with Crippen LogP contribution in [0, 0.1) is 5.82 Å². The monoisotopic (exact) mass is 301 g/mol. The Morgan fingerprint density at radius 2 is 2.05 bits per heavy atom. The lowest BCUT2D eigenvalue weighted by atomic mass is 10.2. The van der Waals surface area contributed by atoms with Gasteiger partial charge in [0, 0.05) is 18.4 Å². The minimum atomic E-state index is -0.468. The van der Waals surface area contributed by atoms with Crippen LogP contribution in [0.4, 0.5) is 15.8 Å². The number of anilines is 2. The molecule has 0 radical (unpaired) electrons. The molecule has 1 aromatic heterocycles. The number of hydrogen-bond acceptors (Lipinski definition) is 3. The second-order valence-electron chi connectivity index (χ2n) is 5.00. The molecule has 0 bridgehead atoms. The highest BCUT2D eigenvalue weighted by molar-refractivity contribution is 6.03. The molecule has 0 aliphatic rings. The van der Waals surface area contributed by atoms with Gasteiger partial charge in [-0.15, -0.1) is 0 Å². The SMILES string of the molecule is CCCCCNc1ccnc(C(=O)Nc2ccccc2F)c1. The number of rotatable bonds is 7. The van der Waals surface area contributed by atoms with E-state index >= 15 is 0 Å². The van der Waals surface area contributed by atoms with E-state index in [4.69, 9.17) is 0 Å². The van der Waals surface area contributed by atoms with Crippen molar-refractivity contribution in [1.29, 1.82) is 0 Å². The molecular weight excluding hydrogens is 281 g/mol. The van der Waals surface area contributed by atoms with E-state index in [1.54, 1.807) is 24.4 Å². The molecule has 0 unspecified atom stereocenters. The maximum absolute atomic E-state index is 13.5. The van der Waals surface area contributed by atoms with Crippen molar-refractivity contribution in [3.8, 4) is 0 Å². The van der Waals surface area contributed by atoms with Gasteiger partial charge in [-0.05, 0) is 30.7 Å². The van der Waals surface area contributed by atoms with Crippen LogP contribution in [0.1, 0.15) is 36.7 Å². The Hall–Kier alpha value is -2.43. The fourth-order valence-electron chi connectivity index (χ4n) is 2.02. The zero-order valence-electron chi connectivity index (χ0n) is 12.6. The van der Waals surface area contributed by atoms with Crippen LogP contribution in [0.2, 0.25) is 0 Å². The Balaban J connectivity index is 1.99. The van der Waals surface area contributed by atoms with Crippen LogP contribution in [0.15, 0.2) is 42.6 Å². The van der Waals surface area contributed by atoms with E-state index in [1.165, 1.54) is 18.6 Å². The number of unbranched alkanes of at least 4 members (excludes halogenated alkanes) is 2. The van der Waals surface area contributed by atoms with Crippen LogP contribution in [0.25, 0.3) is 0 Å². The molecule has 0 atom stereocenters. The summed E-state index contributed by atoms with van der Waals surface area (Å²) in [5.41, 5.74) is 1.24. The van der Waals surface area contributed by atoms with Gasteiger partial charge in [-0.3, -0.25) is 9.78 Å². The first-order valence-electron chi connectivity index (χ1n) is 7.46. The Morgan fingerprint density at radius 3 is 2.82 bits per heavy atom. The number of carbonyl (C=O) groups excluding carboxylic acids is 1. The van der Waals surface area contributed by atoms with E-state index < -0.39 is 11.7 Å². The Kier molecular flexibility index (Phi) is 5.89. The lowest BCUT2D eigenvalue weighted by Gasteiger charge is -2.08. The first-order valence-corrected chi connectivity index (χ1v) is 7.46. The van der Waals surface area contributed by atoms with E-state index in [0.717, 1.165) is 25.1 Å². The lowest BCUT2D eigenvalue weighted by molar-refractivity contribution is 0.102. The van der Waals surface area contributed by atoms with Gasteiger partial charge in [-0.1, -0.05) is 31.9 Å². The van der Waals surface area contributed by atoms with Crippen molar-refractivity contribution in [2.75, 3.05) is 17.2 Å². The minimum Gasteiger partial charge on any atom is -0.385 e. The fourth-order valence-corrected chi connectivity index (χ4v) is 2.02. The maximum Gasteiger partial charge on any atom is 0.274 e. The zero-order chi connectivity index (χ0) is 15.8. The summed E-state index contributed by atoms with van der Waals surface area (Å²) in [6.07, 6.45) is 4.97. The van der Waals surface area contributed by atoms with Gasteiger partial charge < -0.3 is 10.6 Å². The van der Waals surface area contributed by atoms with Crippen molar-refractivity contribution in [3.05, 3.63) is 54.1 Å². The number of pyridine rings is 1. The van der Waals surface area contributed by atoms with Crippen LogP contribution in [0.5, 0.6) is 0 Å². The molecular formula is C17H20FN3O. The molecule has 116 valence electrons. The maximum atomic E-state index is 13.5. The molecule has 0 fully saturated rings. The van der Waals surface area contributed by atoms with E-state index in [1.807, 2.05) is 6.07 Å². The summed E-state index contributed by atoms with van der Waals surface area (Å²) in [5, 5.41) is 5.78. The first kappa shape index (κ1) is 15.9. The highest BCUT2D eigenvalue weighted by Gasteiger charge is 2.10. The molecule has 0 saturated carbocycles. The molecule has 0 saturated heterocycles. The Bertz CT molecular complexity index is 631. The summed E-state index contributed by atoms with van der Waals surface area (Å²) < 4.78 is 13.5. The standard InChI is InChI=1S/C17H20FN3O/c1-2-3-6-10-19-13-9-11-20-16(12-13)17(22)21-15-8-5-4-7-14(15)18/h4-5,7-9,11-12H,2-3,6,10H2,1H3,(H,19,20)(H,21,22). The Labute approximate surface area is 129 Å². The van der Waals surface area contributed by atoms with E-state index in [9.17, 15) is 9.18 Å². The van der Waals surface area contributed by atoms with Crippen LogP contribution < -0.4 is 10.6 Å². The quantitative estimate of drug-likeness (QED) is 0.758. The molecule has 0 spiro atoms. The number of amides is 1. The summed E-state index contributed by atoms with van der Waals surface area (Å²) in [4.78, 5) is 16.2. The molecule has 2 N–H and O–H groups in total. The molecule has 22 heavy (non-hydrogen) atoms. The molecule has 4 nitrogen and oxygen atoms in total. The molecule has 1 amide bonds. The van der Waals surface area contributed by atoms with Crippen molar-refractivity contribution in [2.45, 2.75) is 26.2 Å². The fraction of sp³-hybridized carbons (Fsp3) is 0.294. The average molecular weight is 301 g/mol. The van der Waals surface area contributed by atoms with Crippen LogP contribution in [0.3, 0.4) is 0 Å². The number of aromatic nitrogens is 1. The van der Waals surface area contributed by atoms with Gasteiger partial charge in [0.2, 0.25) is 0 Å². The van der Waals surface area contributed by atoms with Crippen molar-refractivity contribution in [3.63, 3.8) is 0 Å². The molecule has 5 heteroatoms. The van der Waals surface area contributed by atoms with Gasteiger partial charge in [-0.2, -0.15) is 0 Å². The topological polar surface area (TPSA) is 54.0 Å². The molecule has 1 aromatic carbocycles. The smallest absolute Gasteiger partial charge is 0.274 e. The highest BCUT2D eigenvalue weighted by Crippen LogP contribution is 2.15. The average Bonchev–Trinajstić information content (AvgIpc) is 2.54. The third-order valence-electron chi connectivity index (χ3n) is 3.22. The summed E-state index contributed by atoms with van der Waals surface area (Å²) in [6.45, 7) is 3.00. The number of nitrogens with zero attached hydrogens (tertiary/aromatic N) is 1. The number of benzene rings is 1. The number of para-hydroxylation sites is 1. The zero-order valence-corrected chi connectivity index (χ0v) is 12.6. The third-order valence-corrected chi connectivity index (χ3v) is 3.22. The summed E-state index contributed by atoms with van der Waals surface area (Å²) in [6, 6.07) is 9.53. The lowest BCUT2D eigenvalue weighted by Crippen LogP contribution is -2.15. The number of nitrogens with one attached hydrogen (secondary N) is 2. The number of carbonyl (C=O) groups is 1.